The molecule has 2 N–H and O–H groups in total. The van der Waals surface area contributed by atoms with Crippen LogP contribution in [0, 0.1) is 0 Å². The van der Waals surface area contributed by atoms with Gasteiger partial charge < -0.3 is 10.0 Å². The summed E-state index contributed by atoms with van der Waals surface area (Å²) in [5.41, 5.74) is 4.77. The minimum absolute atomic E-state index is 0.157. The van der Waals surface area contributed by atoms with Crippen LogP contribution >= 0.6 is 0 Å². The lowest BCUT2D eigenvalue weighted by Crippen LogP contribution is -2.52. The Kier molecular flexibility index (Phi) is 4.96. The van der Waals surface area contributed by atoms with Gasteiger partial charge in [0.15, 0.2) is 0 Å². The molecule has 0 aliphatic carbocycles. The maximum atomic E-state index is 12.8. The number of aryl methyl sites for hydroxylation is 1. The SMILES string of the molecule is O=C1CCC(N2Cc3cc(-c4ccc(CCCO)cc4)ccc3C2=O)C(=O)N1. The van der Waals surface area contributed by atoms with Crippen LogP contribution in [0.4, 0.5) is 0 Å². The maximum Gasteiger partial charge on any atom is 0.255 e. The van der Waals surface area contributed by atoms with Gasteiger partial charge in [0.1, 0.15) is 6.04 Å². The molecular formula is C22H22N2O4. The molecule has 0 radical (unpaired) electrons. The molecule has 28 heavy (non-hydrogen) atoms. The third-order valence-corrected chi connectivity index (χ3v) is 5.43. The van der Waals surface area contributed by atoms with Crippen LogP contribution in [0.5, 0.6) is 0 Å². The fraction of sp³-hybridized carbons (Fsp3) is 0.318. The number of hydrogen-bond acceptors (Lipinski definition) is 4. The van der Waals surface area contributed by atoms with Crippen molar-refractivity contribution in [3.8, 4) is 11.1 Å². The third kappa shape index (κ3) is 3.43. The van der Waals surface area contributed by atoms with Gasteiger partial charge in [0.25, 0.3) is 5.91 Å². The first-order valence-corrected chi connectivity index (χ1v) is 9.54. The second kappa shape index (κ2) is 7.56. The zero-order valence-electron chi connectivity index (χ0n) is 15.5. The predicted molar refractivity (Wildman–Crippen MR) is 103 cm³/mol. The molecule has 0 bridgehead atoms. The summed E-state index contributed by atoms with van der Waals surface area (Å²) in [7, 11) is 0. The molecule has 2 aliphatic rings. The number of aliphatic hydroxyl groups excluding tert-OH is 1. The Morgan fingerprint density at radius 2 is 1.79 bits per heavy atom. The van der Waals surface area contributed by atoms with Crippen molar-refractivity contribution in [1.29, 1.82) is 0 Å². The molecule has 2 aromatic carbocycles. The Bertz CT molecular complexity index is 936. The number of piperidine rings is 1. The molecule has 0 saturated carbocycles. The molecule has 1 saturated heterocycles. The van der Waals surface area contributed by atoms with E-state index in [1.807, 2.05) is 30.3 Å². The van der Waals surface area contributed by atoms with Gasteiger partial charge in [0.2, 0.25) is 11.8 Å². The van der Waals surface area contributed by atoms with Crippen molar-refractivity contribution < 1.29 is 19.5 Å². The van der Waals surface area contributed by atoms with E-state index < -0.39 is 11.9 Å². The molecule has 6 nitrogen and oxygen atoms in total. The second-order valence-electron chi connectivity index (χ2n) is 7.30. The molecule has 0 spiro atoms. The minimum Gasteiger partial charge on any atom is -0.396 e. The summed E-state index contributed by atoms with van der Waals surface area (Å²) in [6.07, 6.45) is 2.21. The van der Waals surface area contributed by atoms with Crippen LogP contribution in [0.1, 0.15) is 40.7 Å². The number of rotatable bonds is 5. The van der Waals surface area contributed by atoms with Crippen LogP contribution in [0.2, 0.25) is 0 Å². The van der Waals surface area contributed by atoms with Gasteiger partial charge in [-0.05, 0) is 53.6 Å². The quantitative estimate of drug-likeness (QED) is 0.780. The van der Waals surface area contributed by atoms with Gasteiger partial charge in [-0.25, -0.2) is 0 Å². The van der Waals surface area contributed by atoms with Crippen molar-refractivity contribution in [2.75, 3.05) is 6.61 Å². The van der Waals surface area contributed by atoms with E-state index in [1.165, 1.54) is 5.56 Å². The molecule has 2 aliphatic heterocycles. The average molecular weight is 378 g/mol. The normalized spacial score (nSPS) is 19.0. The average Bonchev–Trinajstić information content (AvgIpc) is 3.02. The van der Waals surface area contributed by atoms with E-state index >= 15 is 0 Å². The molecule has 144 valence electrons. The van der Waals surface area contributed by atoms with Gasteiger partial charge in [0.05, 0.1) is 0 Å². The van der Waals surface area contributed by atoms with E-state index in [1.54, 1.807) is 4.90 Å². The lowest BCUT2D eigenvalue weighted by molar-refractivity contribution is -0.136. The monoisotopic (exact) mass is 378 g/mol. The van der Waals surface area contributed by atoms with Crippen molar-refractivity contribution in [3.05, 3.63) is 59.2 Å². The van der Waals surface area contributed by atoms with Gasteiger partial charge in [-0.15, -0.1) is 0 Å². The molecule has 4 rings (SSSR count). The van der Waals surface area contributed by atoms with Crippen LogP contribution in [-0.4, -0.2) is 40.4 Å². The highest BCUT2D eigenvalue weighted by Gasteiger charge is 2.39. The summed E-state index contributed by atoms with van der Waals surface area (Å²) in [4.78, 5) is 37.8. The molecule has 1 unspecified atom stereocenters. The van der Waals surface area contributed by atoms with Crippen molar-refractivity contribution >= 4 is 17.7 Å². The first-order valence-electron chi connectivity index (χ1n) is 9.54. The standard InChI is InChI=1S/C22H22N2O4/c25-11-1-2-14-3-5-15(6-4-14)16-7-8-18-17(12-16)13-24(22(18)28)19-9-10-20(26)23-21(19)27/h3-8,12,19,25H,1-2,9-11,13H2,(H,23,26,27). The zero-order valence-corrected chi connectivity index (χ0v) is 15.5. The molecule has 2 aromatic rings. The van der Waals surface area contributed by atoms with Gasteiger partial charge in [-0.2, -0.15) is 0 Å². The van der Waals surface area contributed by atoms with E-state index in [-0.39, 0.29) is 24.8 Å². The van der Waals surface area contributed by atoms with Crippen molar-refractivity contribution in [1.82, 2.24) is 10.2 Å². The highest BCUT2D eigenvalue weighted by molar-refractivity contribution is 6.05. The number of aliphatic hydroxyl groups is 1. The largest absolute Gasteiger partial charge is 0.396 e. The first kappa shape index (κ1) is 18.4. The molecule has 6 heteroatoms. The van der Waals surface area contributed by atoms with Crippen LogP contribution in [0.15, 0.2) is 42.5 Å². The topological polar surface area (TPSA) is 86.7 Å². The Hall–Kier alpha value is -2.99. The van der Waals surface area contributed by atoms with Crippen LogP contribution in [0.25, 0.3) is 11.1 Å². The smallest absolute Gasteiger partial charge is 0.255 e. The number of fused-ring (bicyclic) bond motifs is 1. The lowest BCUT2D eigenvalue weighted by atomic mass is 9.99. The second-order valence-corrected chi connectivity index (χ2v) is 7.30. The summed E-state index contributed by atoms with van der Waals surface area (Å²) in [6, 6.07) is 13.4. The number of carbonyl (C=O) groups is 3. The van der Waals surface area contributed by atoms with Gasteiger partial charge in [-0.1, -0.05) is 30.3 Å². The lowest BCUT2D eigenvalue weighted by Gasteiger charge is -2.29. The summed E-state index contributed by atoms with van der Waals surface area (Å²) < 4.78 is 0. The number of nitrogens with one attached hydrogen (secondary N) is 1. The molecule has 1 atom stereocenters. The molecular weight excluding hydrogens is 356 g/mol. The van der Waals surface area contributed by atoms with Crippen molar-refractivity contribution in [2.45, 2.75) is 38.3 Å². The van der Waals surface area contributed by atoms with E-state index in [4.69, 9.17) is 5.11 Å². The third-order valence-electron chi connectivity index (χ3n) is 5.43. The molecule has 1 fully saturated rings. The number of hydrogen-bond donors (Lipinski definition) is 2. The van der Waals surface area contributed by atoms with Gasteiger partial charge >= 0.3 is 0 Å². The number of amides is 3. The Balaban J connectivity index is 1.54. The van der Waals surface area contributed by atoms with E-state index in [0.717, 1.165) is 29.5 Å². The summed E-state index contributed by atoms with van der Waals surface area (Å²) in [5, 5.41) is 11.3. The van der Waals surface area contributed by atoms with Gasteiger partial charge in [0, 0.05) is 25.1 Å². The Labute approximate surface area is 163 Å². The minimum atomic E-state index is -0.591. The fourth-order valence-electron chi connectivity index (χ4n) is 3.90. The highest BCUT2D eigenvalue weighted by Crippen LogP contribution is 2.31. The summed E-state index contributed by atoms with van der Waals surface area (Å²) in [6.45, 7) is 0.563. The Morgan fingerprint density at radius 3 is 2.50 bits per heavy atom. The fourth-order valence-corrected chi connectivity index (χ4v) is 3.90. The number of benzene rings is 2. The number of nitrogens with zero attached hydrogens (tertiary/aromatic N) is 1. The van der Waals surface area contributed by atoms with Crippen LogP contribution < -0.4 is 5.32 Å². The van der Waals surface area contributed by atoms with Gasteiger partial charge in [-0.3, -0.25) is 19.7 Å². The first-order chi connectivity index (χ1) is 13.6. The number of carbonyl (C=O) groups excluding carboxylic acids is 3. The van der Waals surface area contributed by atoms with Crippen LogP contribution in [-0.2, 0) is 22.6 Å². The maximum absolute atomic E-state index is 12.8. The van der Waals surface area contributed by atoms with E-state index in [9.17, 15) is 14.4 Å². The number of imide groups is 1. The molecule has 2 heterocycles. The van der Waals surface area contributed by atoms with E-state index in [0.29, 0.717) is 18.5 Å². The summed E-state index contributed by atoms with van der Waals surface area (Å²) in [5.74, 6) is -0.832. The highest BCUT2D eigenvalue weighted by atomic mass is 16.3. The van der Waals surface area contributed by atoms with Crippen molar-refractivity contribution in [2.24, 2.45) is 0 Å². The molecule has 3 amide bonds. The van der Waals surface area contributed by atoms with E-state index in [2.05, 4.69) is 17.4 Å². The summed E-state index contributed by atoms with van der Waals surface area (Å²) >= 11 is 0. The molecule has 0 aromatic heterocycles. The Morgan fingerprint density at radius 1 is 1.04 bits per heavy atom. The predicted octanol–water partition coefficient (Wildman–Crippen LogP) is 2.04. The van der Waals surface area contributed by atoms with Crippen molar-refractivity contribution in [3.63, 3.8) is 0 Å². The zero-order chi connectivity index (χ0) is 19.7. The van der Waals surface area contributed by atoms with Crippen LogP contribution in [0.3, 0.4) is 0 Å².